The van der Waals surface area contributed by atoms with E-state index in [1.165, 1.54) is 6.07 Å². The van der Waals surface area contributed by atoms with E-state index in [-0.39, 0.29) is 29.3 Å². The second kappa shape index (κ2) is 8.57. The summed E-state index contributed by atoms with van der Waals surface area (Å²) in [6, 6.07) is 11.1. The Labute approximate surface area is 209 Å². The maximum absolute atomic E-state index is 14.5. The van der Waals surface area contributed by atoms with Gasteiger partial charge in [-0.25, -0.2) is 12.8 Å². The van der Waals surface area contributed by atoms with Crippen LogP contribution in [0.15, 0.2) is 36.4 Å². The normalized spacial score (nSPS) is 20.7. The first kappa shape index (κ1) is 22.9. The summed E-state index contributed by atoms with van der Waals surface area (Å²) in [4.78, 5) is 4.29. The molecule has 2 fully saturated rings. The summed E-state index contributed by atoms with van der Waals surface area (Å²) < 4.78 is 40.3. The Morgan fingerprint density at radius 2 is 1.77 bits per heavy atom. The number of anilines is 1. The molecule has 0 saturated carbocycles. The van der Waals surface area contributed by atoms with Crippen LogP contribution in [-0.4, -0.2) is 58.7 Å². The smallest absolute Gasteiger partial charge is 0.153 e. The Hall–Kier alpha value is -2.49. The Kier molecular flexibility index (Phi) is 5.62. The van der Waals surface area contributed by atoms with Crippen LogP contribution in [0.3, 0.4) is 0 Å². The average Bonchev–Trinajstić information content (AvgIpc) is 3.15. The van der Waals surface area contributed by atoms with Crippen LogP contribution in [0.2, 0.25) is 5.02 Å². The summed E-state index contributed by atoms with van der Waals surface area (Å²) in [7, 11) is -2.94. The lowest BCUT2D eigenvalue weighted by Gasteiger charge is -2.35. The second-order valence-electron chi connectivity index (χ2n) is 9.93. The van der Waals surface area contributed by atoms with Crippen molar-refractivity contribution in [2.24, 2.45) is 0 Å². The first-order valence-electron chi connectivity index (χ1n) is 12.0. The van der Waals surface area contributed by atoms with Crippen LogP contribution in [0, 0.1) is 12.7 Å². The van der Waals surface area contributed by atoms with Crippen LogP contribution < -0.4 is 4.90 Å². The molecule has 7 nitrogen and oxygen atoms in total. The minimum Gasteiger partial charge on any atom is -0.369 e. The zero-order chi connectivity index (χ0) is 24.3. The van der Waals surface area contributed by atoms with Gasteiger partial charge in [0.05, 0.1) is 29.4 Å². The summed E-state index contributed by atoms with van der Waals surface area (Å²) in [6.07, 6.45) is 1.69. The molecular weight excluding hydrogens is 489 g/mol. The number of sulfone groups is 1. The molecule has 184 valence electrons. The molecule has 0 unspecified atom stereocenters. The topological polar surface area (TPSA) is 71.3 Å². The monoisotopic (exact) mass is 515 g/mol. The Bertz CT molecular complexity index is 1390. The molecular formula is C25H27ClFN5O2S. The van der Waals surface area contributed by atoms with Crippen LogP contribution in [0.5, 0.6) is 0 Å². The van der Waals surface area contributed by atoms with Gasteiger partial charge >= 0.3 is 0 Å². The molecule has 1 aromatic heterocycles. The van der Waals surface area contributed by atoms with E-state index >= 15 is 0 Å². The number of aromatic nitrogens is 3. The molecule has 0 aliphatic carbocycles. The van der Waals surface area contributed by atoms with Crippen molar-refractivity contribution in [2.45, 2.75) is 44.8 Å². The number of nitrogens with zero attached hydrogens (tertiary/aromatic N) is 5. The van der Waals surface area contributed by atoms with E-state index in [0.29, 0.717) is 23.8 Å². The molecule has 0 amide bonds. The first-order valence-corrected chi connectivity index (χ1v) is 14.2. The first-order chi connectivity index (χ1) is 16.8. The summed E-state index contributed by atoms with van der Waals surface area (Å²) in [6.45, 7) is 4.61. The molecule has 0 radical (unpaired) electrons. The van der Waals surface area contributed by atoms with Crippen LogP contribution >= 0.6 is 11.6 Å². The number of piperidine rings is 1. The maximum atomic E-state index is 14.5. The minimum atomic E-state index is -2.94. The zero-order valence-corrected chi connectivity index (χ0v) is 21.1. The predicted octanol–water partition coefficient (Wildman–Crippen LogP) is 3.86. The Morgan fingerprint density at radius 3 is 2.51 bits per heavy atom. The number of hydrogen-bond donors (Lipinski definition) is 0. The predicted molar refractivity (Wildman–Crippen MR) is 133 cm³/mol. The van der Waals surface area contributed by atoms with Gasteiger partial charge in [0.1, 0.15) is 11.6 Å². The molecule has 2 aromatic carbocycles. The van der Waals surface area contributed by atoms with Crippen molar-refractivity contribution >= 4 is 27.1 Å². The highest BCUT2D eigenvalue weighted by Crippen LogP contribution is 2.36. The lowest BCUT2D eigenvalue weighted by Crippen LogP contribution is -2.52. The lowest BCUT2D eigenvalue weighted by atomic mass is 9.95. The van der Waals surface area contributed by atoms with Gasteiger partial charge in [0.25, 0.3) is 0 Å². The van der Waals surface area contributed by atoms with Gasteiger partial charge in [-0.3, -0.25) is 9.47 Å². The molecule has 35 heavy (non-hydrogen) atoms. The van der Waals surface area contributed by atoms with Gasteiger partial charge in [-0.2, -0.15) is 0 Å². The Morgan fingerprint density at radius 1 is 1.00 bits per heavy atom. The molecule has 0 atom stereocenters. The largest absolute Gasteiger partial charge is 0.369 e. The van der Waals surface area contributed by atoms with E-state index < -0.39 is 9.84 Å². The third-order valence-electron chi connectivity index (χ3n) is 7.47. The number of halogens is 2. The fourth-order valence-electron chi connectivity index (χ4n) is 5.56. The highest BCUT2D eigenvalue weighted by molar-refractivity contribution is 7.92. The van der Waals surface area contributed by atoms with Crippen molar-refractivity contribution in [1.29, 1.82) is 0 Å². The van der Waals surface area contributed by atoms with Gasteiger partial charge in [-0.1, -0.05) is 17.7 Å². The van der Waals surface area contributed by atoms with Crippen LogP contribution in [0.4, 0.5) is 10.1 Å². The van der Waals surface area contributed by atoms with Crippen LogP contribution in [0.1, 0.15) is 41.5 Å². The highest BCUT2D eigenvalue weighted by atomic mass is 35.5. The van der Waals surface area contributed by atoms with E-state index in [1.807, 2.05) is 31.2 Å². The molecule has 0 bridgehead atoms. The van der Waals surface area contributed by atoms with Crippen molar-refractivity contribution in [2.75, 3.05) is 29.5 Å². The van der Waals surface area contributed by atoms with E-state index in [1.54, 1.807) is 6.07 Å². The summed E-state index contributed by atoms with van der Waals surface area (Å²) in [5.74, 6) is 2.10. The van der Waals surface area contributed by atoms with E-state index in [2.05, 4.69) is 24.6 Å². The van der Waals surface area contributed by atoms with Gasteiger partial charge in [0, 0.05) is 36.6 Å². The summed E-state index contributed by atoms with van der Waals surface area (Å²) in [5, 5.41) is 9.83. The highest BCUT2D eigenvalue weighted by Gasteiger charge is 2.40. The third-order valence-corrected chi connectivity index (χ3v) is 9.49. The van der Waals surface area contributed by atoms with Gasteiger partial charge in [-0.15, -0.1) is 10.2 Å². The van der Waals surface area contributed by atoms with Crippen LogP contribution in [-0.2, 0) is 22.9 Å². The number of aryl methyl sites for hydroxylation is 1. The quantitative estimate of drug-likeness (QED) is 0.527. The van der Waals surface area contributed by atoms with E-state index in [0.717, 1.165) is 54.4 Å². The van der Waals surface area contributed by atoms with Gasteiger partial charge in [-0.05, 0) is 61.2 Å². The summed E-state index contributed by atoms with van der Waals surface area (Å²) in [5.41, 5.74) is 3.75. The fourth-order valence-corrected chi connectivity index (χ4v) is 7.26. The minimum absolute atomic E-state index is 0.0222. The lowest BCUT2D eigenvalue weighted by molar-refractivity contribution is 0.193. The van der Waals surface area contributed by atoms with Crippen molar-refractivity contribution in [3.8, 4) is 5.69 Å². The Balaban J connectivity index is 1.30. The van der Waals surface area contributed by atoms with E-state index in [9.17, 15) is 12.8 Å². The third kappa shape index (κ3) is 4.23. The molecule has 3 aliphatic rings. The molecule has 3 aliphatic heterocycles. The second-order valence-corrected chi connectivity index (χ2v) is 12.5. The fraction of sp³-hybridized carbons (Fsp3) is 0.440. The molecule has 3 aromatic rings. The van der Waals surface area contributed by atoms with Gasteiger partial charge in [0.2, 0.25) is 0 Å². The molecule has 6 rings (SSSR count). The van der Waals surface area contributed by atoms with Crippen molar-refractivity contribution in [3.05, 3.63) is 70.0 Å². The average molecular weight is 516 g/mol. The SMILES string of the molecule is Cc1ccc(F)c(N2CCC(c3nnc4n3-c3ccc(Cl)cc3CN(C3CS(=O)(=O)C3)C4)CC2)c1. The molecule has 4 heterocycles. The number of hydrogen-bond acceptors (Lipinski definition) is 6. The molecule has 2 saturated heterocycles. The van der Waals surface area contributed by atoms with E-state index in [4.69, 9.17) is 11.6 Å². The van der Waals surface area contributed by atoms with Crippen molar-refractivity contribution in [1.82, 2.24) is 19.7 Å². The standard InChI is InChI=1S/C25H27ClFN5O2S/c1-16-2-4-21(27)23(10-16)30-8-6-17(7-9-30)25-29-28-24-13-31(20-14-35(33,34)15-20)12-18-11-19(26)3-5-22(18)32(24)25/h2-5,10-11,17,20H,6-9,12-15H2,1H3. The van der Waals surface area contributed by atoms with Crippen molar-refractivity contribution < 1.29 is 12.8 Å². The molecule has 10 heteroatoms. The number of rotatable bonds is 3. The molecule has 0 N–H and O–H groups in total. The van der Waals surface area contributed by atoms with Gasteiger partial charge in [0.15, 0.2) is 15.7 Å². The zero-order valence-electron chi connectivity index (χ0n) is 19.5. The number of benzene rings is 2. The van der Waals surface area contributed by atoms with Crippen molar-refractivity contribution in [3.63, 3.8) is 0 Å². The number of fused-ring (bicyclic) bond motifs is 3. The van der Waals surface area contributed by atoms with Gasteiger partial charge < -0.3 is 4.90 Å². The van der Waals surface area contributed by atoms with Crippen LogP contribution in [0.25, 0.3) is 5.69 Å². The molecule has 0 spiro atoms. The summed E-state index contributed by atoms with van der Waals surface area (Å²) >= 11 is 6.35. The maximum Gasteiger partial charge on any atom is 0.153 e.